The second kappa shape index (κ2) is 6.06. The lowest BCUT2D eigenvalue weighted by Crippen LogP contribution is -2.60. The van der Waals surface area contributed by atoms with Crippen molar-refractivity contribution in [2.24, 2.45) is 11.5 Å². The van der Waals surface area contributed by atoms with E-state index in [1.54, 1.807) is 6.92 Å². The normalized spacial score (nSPS) is 20.4. The first-order chi connectivity index (χ1) is 6.98. The number of nitrogens with two attached hydrogens (primary N) is 2. The molecule has 6 heteroatoms. The van der Waals surface area contributed by atoms with Gasteiger partial charge in [-0.1, -0.05) is 19.3 Å². The third-order valence-electron chi connectivity index (χ3n) is 2.95. The van der Waals surface area contributed by atoms with Crippen LogP contribution in [0.4, 0.5) is 0 Å². The van der Waals surface area contributed by atoms with Gasteiger partial charge in [0.05, 0.1) is 6.04 Å². The highest BCUT2D eigenvalue weighted by Crippen LogP contribution is 2.27. The van der Waals surface area contributed by atoms with Gasteiger partial charge in [-0.3, -0.25) is 9.59 Å². The molecule has 5 nitrogen and oxygen atoms in total. The zero-order valence-electron chi connectivity index (χ0n) is 9.49. The average Bonchev–Trinajstić information content (AvgIpc) is 2.18. The zero-order valence-corrected chi connectivity index (χ0v) is 10.3. The van der Waals surface area contributed by atoms with Gasteiger partial charge in [-0.2, -0.15) is 0 Å². The molecule has 16 heavy (non-hydrogen) atoms. The van der Waals surface area contributed by atoms with E-state index in [4.69, 9.17) is 11.5 Å². The van der Waals surface area contributed by atoms with Crippen LogP contribution in [0, 0.1) is 0 Å². The van der Waals surface area contributed by atoms with Gasteiger partial charge in [0, 0.05) is 0 Å². The van der Waals surface area contributed by atoms with Crippen LogP contribution in [0.3, 0.4) is 0 Å². The molecule has 0 radical (unpaired) electrons. The standard InChI is InChI=1S/C10H19N3O2.ClH/c1-7(11)8(14)13-10(9(12)15)5-3-2-4-6-10;/h7H,2-6,11H2,1H3,(H2,12,15)(H,13,14);1H/t7-;/m1./s1. The van der Waals surface area contributed by atoms with Crippen molar-refractivity contribution < 1.29 is 9.59 Å². The van der Waals surface area contributed by atoms with Crippen LogP contribution in [0.25, 0.3) is 0 Å². The van der Waals surface area contributed by atoms with Crippen molar-refractivity contribution in [3.63, 3.8) is 0 Å². The first-order valence-corrected chi connectivity index (χ1v) is 5.35. The summed E-state index contributed by atoms with van der Waals surface area (Å²) in [6.07, 6.45) is 4.18. The topological polar surface area (TPSA) is 98.2 Å². The van der Waals surface area contributed by atoms with E-state index in [1.165, 1.54) is 0 Å². The van der Waals surface area contributed by atoms with E-state index < -0.39 is 17.5 Å². The van der Waals surface area contributed by atoms with E-state index in [0.29, 0.717) is 12.8 Å². The van der Waals surface area contributed by atoms with Gasteiger partial charge in [0.1, 0.15) is 5.54 Å². The van der Waals surface area contributed by atoms with Crippen molar-refractivity contribution in [2.75, 3.05) is 0 Å². The number of carbonyl (C=O) groups is 2. The van der Waals surface area contributed by atoms with Gasteiger partial charge in [-0.15, -0.1) is 12.4 Å². The minimum absolute atomic E-state index is 0. The lowest BCUT2D eigenvalue weighted by molar-refractivity contribution is -0.133. The molecule has 2 amide bonds. The Hall–Kier alpha value is -0.810. The SMILES string of the molecule is C[C@@H](N)C(=O)NC1(C(N)=O)CCCCC1.Cl. The Labute approximate surface area is 102 Å². The van der Waals surface area contributed by atoms with Gasteiger partial charge in [-0.05, 0) is 19.8 Å². The van der Waals surface area contributed by atoms with E-state index in [9.17, 15) is 9.59 Å². The van der Waals surface area contributed by atoms with Gasteiger partial charge in [0.2, 0.25) is 11.8 Å². The van der Waals surface area contributed by atoms with Crippen molar-refractivity contribution in [1.82, 2.24) is 5.32 Å². The highest BCUT2D eigenvalue weighted by molar-refractivity contribution is 5.92. The fraction of sp³-hybridized carbons (Fsp3) is 0.800. The van der Waals surface area contributed by atoms with Gasteiger partial charge >= 0.3 is 0 Å². The van der Waals surface area contributed by atoms with Crippen LogP contribution in [0.5, 0.6) is 0 Å². The summed E-state index contributed by atoms with van der Waals surface area (Å²) in [7, 11) is 0. The molecular formula is C10H20ClN3O2. The minimum Gasteiger partial charge on any atom is -0.368 e. The van der Waals surface area contributed by atoms with Crippen molar-refractivity contribution in [3.8, 4) is 0 Å². The molecule has 0 aliphatic heterocycles. The van der Waals surface area contributed by atoms with Crippen LogP contribution in [-0.2, 0) is 9.59 Å². The summed E-state index contributed by atoms with van der Waals surface area (Å²) in [5.74, 6) is -0.757. The van der Waals surface area contributed by atoms with Crippen molar-refractivity contribution in [2.45, 2.75) is 50.6 Å². The minimum atomic E-state index is -0.858. The van der Waals surface area contributed by atoms with E-state index in [1.807, 2.05) is 0 Å². The molecule has 94 valence electrons. The molecule has 0 aromatic rings. The second-order valence-electron chi connectivity index (χ2n) is 4.28. The third kappa shape index (κ3) is 3.35. The summed E-state index contributed by atoms with van der Waals surface area (Å²) >= 11 is 0. The Morgan fingerprint density at radius 3 is 2.12 bits per heavy atom. The van der Waals surface area contributed by atoms with E-state index in [2.05, 4.69) is 5.32 Å². The Morgan fingerprint density at radius 1 is 1.25 bits per heavy atom. The predicted molar refractivity (Wildman–Crippen MR) is 64.1 cm³/mol. The largest absolute Gasteiger partial charge is 0.368 e. The number of carbonyl (C=O) groups excluding carboxylic acids is 2. The van der Waals surface area contributed by atoms with Gasteiger partial charge in [-0.25, -0.2) is 0 Å². The first kappa shape index (κ1) is 15.2. The number of halogens is 1. The molecule has 0 saturated heterocycles. The van der Waals surface area contributed by atoms with Crippen LogP contribution in [0.15, 0.2) is 0 Å². The molecular weight excluding hydrogens is 230 g/mol. The van der Waals surface area contributed by atoms with Crippen molar-refractivity contribution in [1.29, 1.82) is 0 Å². The molecule has 5 N–H and O–H groups in total. The van der Waals surface area contributed by atoms with E-state index in [0.717, 1.165) is 19.3 Å². The van der Waals surface area contributed by atoms with Crippen LogP contribution < -0.4 is 16.8 Å². The van der Waals surface area contributed by atoms with Gasteiger partial charge < -0.3 is 16.8 Å². The molecule has 0 spiro atoms. The third-order valence-corrected chi connectivity index (χ3v) is 2.95. The van der Waals surface area contributed by atoms with Crippen LogP contribution in [0.2, 0.25) is 0 Å². The molecule has 1 aliphatic rings. The quantitative estimate of drug-likeness (QED) is 0.660. The molecule has 0 aromatic heterocycles. The summed E-state index contributed by atoms with van der Waals surface area (Å²) in [5.41, 5.74) is 9.95. The molecule has 0 aromatic carbocycles. The maximum Gasteiger partial charge on any atom is 0.243 e. The molecule has 0 bridgehead atoms. The smallest absolute Gasteiger partial charge is 0.243 e. The summed E-state index contributed by atoms with van der Waals surface area (Å²) in [6, 6.07) is -0.608. The number of amides is 2. The maximum atomic E-state index is 11.5. The molecule has 1 saturated carbocycles. The van der Waals surface area contributed by atoms with Crippen molar-refractivity contribution >= 4 is 24.2 Å². The summed E-state index contributed by atoms with van der Waals surface area (Å²) in [4.78, 5) is 22.9. The predicted octanol–water partition coefficient (Wildman–Crippen LogP) is 0.0598. The summed E-state index contributed by atoms with van der Waals surface area (Å²) in [5, 5.41) is 2.69. The van der Waals surface area contributed by atoms with E-state index >= 15 is 0 Å². The molecule has 1 rings (SSSR count). The van der Waals surface area contributed by atoms with Crippen LogP contribution in [0.1, 0.15) is 39.0 Å². The summed E-state index contributed by atoms with van der Waals surface area (Å²) in [6.45, 7) is 1.59. The highest BCUT2D eigenvalue weighted by atomic mass is 35.5. The maximum absolute atomic E-state index is 11.5. The Bertz CT molecular complexity index is 263. The van der Waals surface area contributed by atoms with Gasteiger partial charge in [0.25, 0.3) is 0 Å². The number of hydrogen-bond donors (Lipinski definition) is 3. The lowest BCUT2D eigenvalue weighted by Gasteiger charge is -2.35. The number of primary amides is 1. The van der Waals surface area contributed by atoms with Crippen LogP contribution >= 0.6 is 12.4 Å². The molecule has 0 unspecified atom stereocenters. The Kier molecular flexibility index (Phi) is 5.75. The Balaban J connectivity index is 0.00000225. The molecule has 1 atom stereocenters. The average molecular weight is 250 g/mol. The monoisotopic (exact) mass is 249 g/mol. The number of hydrogen-bond acceptors (Lipinski definition) is 3. The molecule has 1 aliphatic carbocycles. The van der Waals surface area contributed by atoms with Crippen molar-refractivity contribution in [3.05, 3.63) is 0 Å². The lowest BCUT2D eigenvalue weighted by atomic mass is 9.81. The number of nitrogens with one attached hydrogen (secondary N) is 1. The number of rotatable bonds is 3. The molecule has 0 heterocycles. The second-order valence-corrected chi connectivity index (χ2v) is 4.28. The highest BCUT2D eigenvalue weighted by Gasteiger charge is 2.39. The fourth-order valence-electron chi connectivity index (χ4n) is 1.94. The summed E-state index contributed by atoms with van der Waals surface area (Å²) < 4.78 is 0. The fourth-order valence-corrected chi connectivity index (χ4v) is 1.94. The zero-order chi connectivity index (χ0) is 11.5. The molecule has 1 fully saturated rings. The van der Waals surface area contributed by atoms with E-state index in [-0.39, 0.29) is 18.3 Å². The Morgan fingerprint density at radius 2 is 1.75 bits per heavy atom. The van der Waals surface area contributed by atoms with Gasteiger partial charge in [0.15, 0.2) is 0 Å². The van der Waals surface area contributed by atoms with Crippen LogP contribution in [-0.4, -0.2) is 23.4 Å². The first-order valence-electron chi connectivity index (χ1n) is 5.35.